The summed E-state index contributed by atoms with van der Waals surface area (Å²) in [6.07, 6.45) is 10.4. The number of piperazine rings is 1. The van der Waals surface area contributed by atoms with E-state index in [-0.39, 0.29) is 0 Å². The molecule has 0 amide bonds. The Hall–Kier alpha value is -0.120. The molecule has 0 N–H and O–H groups in total. The van der Waals surface area contributed by atoms with E-state index in [1.807, 2.05) is 0 Å². The lowest BCUT2D eigenvalue weighted by Crippen LogP contribution is -2.60. The number of hydrogen-bond donors (Lipinski definition) is 0. The van der Waals surface area contributed by atoms with Crippen LogP contribution in [0.15, 0.2) is 0 Å². The van der Waals surface area contributed by atoms with Crippen molar-refractivity contribution in [1.29, 1.82) is 0 Å². The molecular weight excluding hydrogens is 354 g/mol. The van der Waals surface area contributed by atoms with Gasteiger partial charge in [-0.3, -0.25) is 9.80 Å². The Kier molecular flexibility index (Phi) is 6.42. The van der Waals surface area contributed by atoms with E-state index < -0.39 is 0 Å². The lowest BCUT2D eigenvalue weighted by molar-refractivity contribution is -0.0545. The minimum Gasteiger partial charge on any atom is -0.303 e. The lowest BCUT2D eigenvalue weighted by atomic mass is 9.57. The molecule has 4 aliphatic rings. The summed E-state index contributed by atoms with van der Waals surface area (Å²) in [6, 6.07) is 2.12. The van der Waals surface area contributed by atoms with Gasteiger partial charge in [-0.15, -0.1) is 0 Å². The molecule has 3 heteroatoms. The van der Waals surface area contributed by atoms with Gasteiger partial charge >= 0.3 is 0 Å². The van der Waals surface area contributed by atoms with Gasteiger partial charge in [-0.05, 0) is 108 Å². The van der Waals surface area contributed by atoms with Gasteiger partial charge in [0.1, 0.15) is 0 Å². The first kappa shape index (κ1) is 22.1. The van der Waals surface area contributed by atoms with E-state index in [0.717, 1.165) is 29.3 Å². The monoisotopic (exact) mass is 403 g/mol. The van der Waals surface area contributed by atoms with E-state index in [2.05, 4.69) is 56.2 Å². The summed E-state index contributed by atoms with van der Waals surface area (Å²) in [7, 11) is 0. The quantitative estimate of drug-likeness (QED) is 0.585. The number of hydrogen-bond acceptors (Lipinski definition) is 3. The third-order valence-electron chi connectivity index (χ3n) is 9.05. The summed E-state index contributed by atoms with van der Waals surface area (Å²) >= 11 is 0. The largest absolute Gasteiger partial charge is 0.303 e. The molecule has 0 bridgehead atoms. The molecule has 2 heterocycles. The highest BCUT2D eigenvalue weighted by molar-refractivity contribution is 5.02. The smallest absolute Gasteiger partial charge is 0.0198 e. The summed E-state index contributed by atoms with van der Waals surface area (Å²) in [5, 5.41) is 0. The second-order valence-corrected chi connectivity index (χ2v) is 12.6. The van der Waals surface area contributed by atoms with Crippen molar-refractivity contribution in [3.05, 3.63) is 0 Å². The van der Waals surface area contributed by atoms with Gasteiger partial charge in [0.05, 0.1) is 0 Å². The molecule has 0 aromatic heterocycles. The molecule has 4 rings (SSSR count). The fraction of sp³-hybridized carbons (Fsp3) is 1.00. The topological polar surface area (TPSA) is 9.72 Å². The molecule has 29 heavy (non-hydrogen) atoms. The van der Waals surface area contributed by atoms with Crippen molar-refractivity contribution in [2.45, 2.75) is 105 Å². The van der Waals surface area contributed by atoms with Crippen LogP contribution in [0, 0.1) is 22.7 Å². The summed E-state index contributed by atoms with van der Waals surface area (Å²) in [4.78, 5) is 8.35. The second-order valence-electron chi connectivity index (χ2n) is 12.6. The molecule has 2 aliphatic heterocycles. The van der Waals surface area contributed by atoms with Crippen LogP contribution in [0.5, 0.6) is 0 Å². The van der Waals surface area contributed by atoms with Gasteiger partial charge < -0.3 is 4.90 Å². The average Bonchev–Trinajstić information content (AvgIpc) is 3.35. The van der Waals surface area contributed by atoms with Gasteiger partial charge in [0.2, 0.25) is 0 Å². The Morgan fingerprint density at radius 3 is 1.93 bits per heavy atom. The summed E-state index contributed by atoms with van der Waals surface area (Å²) in [5.41, 5.74) is 1.44. The predicted molar refractivity (Wildman–Crippen MR) is 124 cm³/mol. The van der Waals surface area contributed by atoms with Crippen molar-refractivity contribution in [3.63, 3.8) is 0 Å². The van der Waals surface area contributed by atoms with E-state index in [4.69, 9.17) is 0 Å². The van der Waals surface area contributed by atoms with E-state index >= 15 is 0 Å². The van der Waals surface area contributed by atoms with Crippen LogP contribution >= 0.6 is 0 Å². The molecule has 2 aliphatic carbocycles. The minimum atomic E-state index is 0.689. The van der Waals surface area contributed by atoms with Gasteiger partial charge in [0, 0.05) is 44.3 Å². The predicted octanol–water partition coefficient (Wildman–Crippen LogP) is 5.11. The van der Waals surface area contributed by atoms with Crippen molar-refractivity contribution in [2.75, 3.05) is 39.3 Å². The summed E-state index contributed by atoms with van der Waals surface area (Å²) < 4.78 is 0. The van der Waals surface area contributed by atoms with Gasteiger partial charge in [-0.1, -0.05) is 13.8 Å². The van der Waals surface area contributed by atoms with Crippen molar-refractivity contribution < 1.29 is 0 Å². The fourth-order valence-corrected chi connectivity index (χ4v) is 7.31. The molecule has 0 aromatic carbocycles. The third kappa shape index (κ3) is 5.04. The first-order valence-electron chi connectivity index (χ1n) is 12.9. The van der Waals surface area contributed by atoms with Crippen LogP contribution in [-0.2, 0) is 0 Å². The second kappa shape index (κ2) is 8.43. The molecular formula is C26H49N3. The molecule has 2 saturated carbocycles. The first-order chi connectivity index (χ1) is 13.7. The number of piperidine rings is 1. The van der Waals surface area contributed by atoms with Crippen molar-refractivity contribution in [2.24, 2.45) is 22.7 Å². The molecule has 1 spiro atoms. The zero-order chi connectivity index (χ0) is 20.8. The Morgan fingerprint density at radius 1 is 0.862 bits per heavy atom. The Morgan fingerprint density at radius 2 is 1.45 bits per heavy atom. The fourth-order valence-electron chi connectivity index (χ4n) is 7.31. The normalized spacial score (nSPS) is 33.5. The summed E-state index contributed by atoms with van der Waals surface area (Å²) in [5.74, 6) is 1.83. The lowest BCUT2D eigenvalue weighted by Gasteiger charge is -2.55. The molecule has 2 atom stereocenters. The van der Waals surface area contributed by atoms with E-state index in [9.17, 15) is 0 Å². The number of rotatable bonds is 7. The zero-order valence-corrected chi connectivity index (χ0v) is 20.4. The van der Waals surface area contributed by atoms with Crippen molar-refractivity contribution in [1.82, 2.24) is 14.7 Å². The Labute approximate surface area is 181 Å². The maximum absolute atomic E-state index is 2.84. The van der Waals surface area contributed by atoms with Crippen LogP contribution in [0.3, 0.4) is 0 Å². The van der Waals surface area contributed by atoms with Crippen LogP contribution in [0.4, 0.5) is 0 Å². The van der Waals surface area contributed by atoms with Crippen molar-refractivity contribution >= 4 is 0 Å². The van der Waals surface area contributed by atoms with Gasteiger partial charge in [0.15, 0.2) is 0 Å². The zero-order valence-electron chi connectivity index (χ0n) is 20.4. The maximum atomic E-state index is 2.84. The molecule has 0 aromatic rings. The summed E-state index contributed by atoms with van der Waals surface area (Å²) in [6.45, 7) is 22.5. The van der Waals surface area contributed by atoms with Crippen LogP contribution in [0.1, 0.15) is 86.5 Å². The number of nitrogens with zero attached hydrogens (tertiary/aromatic N) is 3. The molecule has 4 fully saturated rings. The van der Waals surface area contributed by atoms with Crippen LogP contribution in [0.25, 0.3) is 0 Å². The molecule has 168 valence electrons. The Balaban J connectivity index is 1.20. The third-order valence-corrected chi connectivity index (χ3v) is 9.05. The van der Waals surface area contributed by atoms with Gasteiger partial charge in [-0.25, -0.2) is 0 Å². The van der Waals surface area contributed by atoms with Gasteiger partial charge in [-0.2, -0.15) is 0 Å². The minimum absolute atomic E-state index is 0.689. The average molecular weight is 404 g/mol. The molecule has 3 nitrogen and oxygen atoms in total. The van der Waals surface area contributed by atoms with Crippen LogP contribution < -0.4 is 0 Å². The van der Waals surface area contributed by atoms with Crippen LogP contribution in [-0.4, -0.2) is 72.1 Å². The first-order valence-corrected chi connectivity index (χ1v) is 12.9. The number of likely N-dealkylation sites (tertiary alicyclic amines) is 1. The SMILES string of the molecule is CC(C)CC1(CN2CCC3(CC2)CC(CN2[C@H](C)CN(C(C)C)C[C@@H]2C)C3)CC1. The van der Waals surface area contributed by atoms with Crippen molar-refractivity contribution in [3.8, 4) is 0 Å². The van der Waals surface area contributed by atoms with Crippen LogP contribution in [0.2, 0.25) is 0 Å². The van der Waals surface area contributed by atoms with E-state index in [1.165, 1.54) is 84.2 Å². The highest BCUT2D eigenvalue weighted by Crippen LogP contribution is 2.55. The molecule has 0 unspecified atom stereocenters. The molecule has 2 saturated heterocycles. The highest BCUT2D eigenvalue weighted by atomic mass is 15.3. The molecule has 0 radical (unpaired) electrons. The highest BCUT2D eigenvalue weighted by Gasteiger charge is 2.49. The van der Waals surface area contributed by atoms with Gasteiger partial charge in [0.25, 0.3) is 0 Å². The maximum Gasteiger partial charge on any atom is 0.0198 e. The standard InChI is InChI=1S/C26H49N3/c1-20(2)13-26(7-8-26)19-27-11-9-25(10-12-27)14-24(15-25)18-29-22(5)16-28(21(3)4)17-23(29)6/h20-24H,7-19H2,1-6H3/t22-,23+. The Bertz CT molecular complexity index is 524. The van der Waals surface area contributed by atoms with E-state index in [1.54, 1.807) is 0 Å². The van der Waals surface area contributed by atoms with E-state index in [0.29, 0.717) is 11.5 Å².